The highest BCUT2D eigenvalue weighted by Crippen LogP contribution is 2.29. The molecule has 0 radical (unpaired) electrons. The Labute approximate surface area is 222 Å². The normalized spacial score (nSPS) is 18.3. The smallest absolute Gasteiger partial charge is 0.328 e. The van der Waals surface area contributed by atoms with Crippen LogP contribution in [-0.2, 0) is 38.2 Å². The van der Waals surface area contributed by atoms with Gasteiger partial charge < -0.3 is 35.1 Å². The number of unbranched alkanes of at least 4 members (excludes halogenated alkanes) is 1. The number of carbonyl (C=O) groups excluding carboxylic acids is 6. The summed E-state index contributed by atoms with van der Waals surface area (Å²) in [5.74, 6) is -4.33. The van der Waals surface area contributed by atoms with Gasteiger partial charge in [0.2, 0.25) is 11.7 Å². The van der Waals surface area contributed by atoms with Gasteiger partial charge in [0.1, 0.15) is 11.6 Å². The van der Waals surface area contributed by atoms with Crippen LogP contribution in [0.2, 0.25) is 0 Å². The molecule has 0 aromatic rings. The maximum Gasteiger partial charge on any atom is 0.328 e. The number of hydrogen-bond donors (Lipinski definition) is 3. The number of ketones is 1. The summed E-state index contributed by atoms with van der Waals surface area (Å²) in [6, 6.07) is -2.98. The minimum absolute atomic E-state index is 0.182. The predicted octanol–water partition coefficient (Wildman–Crippen LogP) is 0.196. The fourth-order valence-corrected chi connectivity index (χ4v) is 4.56. The van der Waals surface area contributed by atoms with Crippen molar-refractivity contribution < 1.29 is 43.0 Å². The minimum atomic E-state index is -1.43. The molecule has 1 aliphatic carbocycles. The number of amides is 4. The predicted molar refractivity (Wildman–Crippen MR) is 134 cm³/mol. The monoisotopic (exact) mass is 540 g/mol. The van der Waals surface area contributed by atoms with Gasteiger partial charge in [0.25, 0.3) is 5.91 Å². The number of esters is 2. The van der Waals surface area contributed by atoms with Crippen LogP contribution in [0, 0.1) is 0 Å². The Kier molecular flexibility index (Phi) is 12.4. The highest BCUT2D eigenvalue weighted by molar-refractivity contribution is 6.38. The first-order chi connectivity index (χ1) is 18.2. The molecule has 13 heteroatoms. The number of rotatable bonds is 12. The number of carbonyl (C=O) groups is 6. The molecule has 0 aromatic carbocycles. The topological polar surface area (TPSA) is 169 Å². The molecule has 38 heavy (non-hydrogen) atoms. The summed E-state index contributed by atoms with van der Waals surface area (Å²) in [4.78, 5) is 77.8. The highest BCUT2D eigenvalue weighted by atomic mass is 16.5. The van der Waals surface area contributed by atoms with Gasteiger partial charge in [-0.05, 0) is 19.3 Å². The van der Waals surface area contributed by atoms with Crippen molar-refractivity contribution in [3.8, 4) is 0 Å². The summed E-state index contributed by atoms with van der Waals surface area (Å²) in [7, 11) is 2.21. The molecule has 1 saturated carbocycles. The van der Waals surface area contributed by atoms with E-state index in [0.717, 1.165) is 33.5 Å². The number of nitrogens with zero attached hydrogens (tertiary/aromatic N) is 1. The van der Waals surface area contributed by atoms with E-state index in [1.54, 1.807) is 4.90 Å². The molecule has 1 aliphatic heterocycles. The van der Waals surface area contributed by atoms with E-state index in [1.165, 1.54) is 0 Å². The average molecular weight is 541 g/mol. The van der Waals surface area contributed by atoms with Gasteiger partial charge in [-0.2, -0.15) is 0 Å². The largest absolute Gasteiger partial charge is 0.469 e. The second kappa shape index (κ2) is 15.3. The lowest BCUT2D eigenvalue weighted by Gasteiger charge is -2.39. The third-order valence-electron chi connectivity index (χ3n) is 6.87. The third kappa shape index (κ3) is 8.67. The minimum Gasteiger partial charge on any atom is -0.469 e. The zero-order valence-corrected chi connectivity index (χ0v) is 22.5. The van der Waals surface area contributed by atoms with Gasteiger partial charge in [-0.25, -0.2) is 9.59 Å². The Balaban J connectivity index is 2.18. The summed E-state index contributed by atoms with van der Waals surface area (Å²) in [5, 5.41) is 7.84. The van der Waals surface area contributed by atoms with Gasteiger partial charge in [0, 0.05) is 13.1 Å². The van der Waals surface area contributed by atoms with Crippen LogP contribution in [0.5, 0.6) is 0 Å². The lowest BCUT2D eigenvalue weighted by molar-refractivity contribution is -0.151. The fourth-order valence-electron chi connectivity index (χ4n) is 4.56. The van der Waals surface area contributed by atoms with Crippen molar-refractivity contribution in [3.05, 3.63) is 0 Å². The van der Waals surface area contributed by atoms with Crippen molar-refractivity contribution in [2.45, 2.75) is 82.3 Å². The molecule has 214 valence electrons. The molecule has 4 amide bonds. The van der Waals surface area contributed by atoms with E-state index in [1.807, 2.05) is 6.92 Å². The molecule has 2 aliphatic rings. The second-order valence-electron chi connectivity index (χ2n) is 9.53. The van der Waals surface area contributed by atoms with Crippen molar-refractivity contribution in [3.63, 3.8) is 0 Å². The Hall–Kier alpha value is -3.22. The first-order valence-electron chi connectivity index (χ1n) is 13.1. The maximum atomic E-state index is 13.6. The van der Waals surface area contributed by atoms with Gasteiger partial charge in [0.05, 0.1) is 39.9 Å². The number of urea groups is 1. The lowest BCUT2D eigenvalue weighted by atomic mass is 9.80. The van der Waals surface area contributed by atoms with E-state index in [2.05, 4.69) is 25.4 Å². The molecule has 2 fully saturated rings. The zero-order chi connectivity index (χ0) is 28.1. The summed E-state index contributed by atoms with van der Waals surface area (Å²) in [6.07, 6.45) is 4.06. The van der Waals surface area contributed by atoms with E-state index >= 15 is 0 Å². The van der Waals surface area contributed by atoms with Crippen molar-refractivity contribution in [1.82, 2.24) is 20.9 Å². The van der Waals surface area contributed by atoms with Crippen molar-refractivity contribution in [1.29, 1.82) is 0 Å². The van der Waals surface area contributed by atoms with Crippen molar-refractivity contribution >= 4 is 35.6 Å². The maximum absolute atomic E-state index is 13.6. The van der Waals surface area contributed by atoms with Gasteiger partial charge >= 0.3 is 18.0 Å². The van der Waals surface area contributed by atoms with E-state index in [0.29, 0.717) is 52.0 Å². The summed E-state index contributed by atoms with van der Waals surface area (Å²) >= 11 is 0. The molecular formula is C25H40N4O9. The van der Waals surface area contributed by atoms with Crippen LogP contribution in [-0.4, -0.2) is 98.6 Å². The van der Waals surface area contributed by atoms with Crippen LogP contribution in [0.3, 0.4) is 0 Å². The van der Waals surface area contributed by atoms with Crippen LogP contribution < -0.4 is 16.0 Å². The molecule has 1 saturated heterocycles. The van der Waals surface area contributed by atoms with E-state index in [-0.39, 0.29) is 12.5 Å². The molecule has 0 bridgehead atoms. The van der Waals surface area contributed by atoms with Gasteiger partial charge in [-0.3, -0.25) is 19.2 Å². The van der Waals surface area contributed by atoms with Gasteiger partial charge in [-0.15, -0.1) is 0 Å². The molecule has 1 heterocycles. The molecule has 2 unspecified atom stereocenters. The van der Waals surface area contributed by atoms with Crippen molar-refractivity contribution in [2.24, 2.45) is 0 Å². The van der Waals surface area contributed by atoms with Crippen LogP contribution in [0.15, 0.2) is 0 Å². The third-order valence-corrected chi connectivity index (χ3v) is 6.87. The van der Waals surface area contributed by atoms with Crippen LogP contribution in [0.4, 0.5) is 4.79 Å². The summed E-state index contributed by atoms with van der Waals surface area (Å²) in [6.45, 7) is 3.55. The van der Waals surface area contributed by atoms with Gasteiger partial charge in [0.15, 0.2) is 0 Å². The highest BCUT2D eigenvalue weighted by Gasteiger charge is 2.43. The molecule has 2 atom stereocenters. The van der Waals surface area contributed by atoms with E-state index in [4.69, 9.17) is 4.74 Å². The number of Topliss-reactive ketones (excluding diaryl/α,β-unsaturated/α-hetero) is 1. The molecule has 13 nitrogen and oxygen atoms in total. The first-order valence-corrected chi connectivity index (χ1v) is 13.1. The van der Waals surface area contributed by atoms with Crippen molar-refractivity contribution in [2.75, 3.05) is 40.5 Å². The summed E-state index contributed by atoms with van der Waals surface area (Å²) < 4.78 is 14.5. The Morgan fingerprint density at radius 1 is 0.921 bits per heavy atom. The zero-order valence-electron chi connectivity index (χ0n) is 22.5. The Morgan fingerprint density at radius 3 is 2.16 bits per heavy atom. The summed E-state index contributed by atoms with van der Waals surface area (Å²) in [5.41, 5.74) is -1.21. The lowest BCUT2D eigenvalue weighted by Crippen LogP contribution is -2.65. The SMILES string of the molecule is CCCCC(NC(=O)C1(NC(=O)N2CCOCC2)CCCCC1)C(=O)C(=O)NC(CC(=O)OC)C(=O)OC. The van der Waals surface area contributed by atoms with E-state index in [9.17, 15) is 28.8 Å². The molecular weight excluding hydrogens is 500 g/mol. The van der Waals surface area contributed by atoms with Crippen LogP contribution in [0.25, 0.3) is 0 Å². The molecule has 2 rings (SSSR count). The van der Waals surface area contributed by atoms with Crippen LogP contribution >= 0.6 is 0 Å². The van der Waals surface area contributed by atoms with E-state index < -0.39 is 53.6 Å². The number of methoxy groups -OCH3 is 2. The second-order valence-corrected chi connectivity index (χ2v) is 9.53. The first kappa shape index (κ1) is 31.0. The standard InChI is InChI=1S/C25H40N4O9/c1-4-5-9-17(20(31)21(32)26-18(22(33)37-3)16-19(30)36-2)27-23(34)25(10-7-6-8-11-25)28-24(35)29-12-14-38-15-13-29/h17-18H,4-16H2,1-3H3,(H,26,32)(H,27,34)(H,28,35). The number of hydrogen-bond acceptors (Lipinski definition) is 9. The van der Waals surface area contributed by atoms with Crippen LogP contribution in [0.1, 0.15) is 64.7 Å². The Bertz CT molecular complexity index is 867. The quantitative estimate of drug-likeness (QED) is 0.231. The number of morpholine rings is 1. The number of nitrogens with one attached hydrogen (secondary N) is 3. The molecule has 0 aromatic heterocycles. The number of ether oxygens (including phenoxy) is 3. The average Bonchev–Trinajstić information content (AvgIpc) is 2.94. The Morgan fingerprint density at radius 2 is 1.58 bits per heavy atom. The molecule has 0 spiro atoms. The molecule has 3 N–H and O–H groups in total. The fraction of sp³-hybridized carbons (Fsp3) is 0.760. The van der Waals surface area contributed by atoms with Gasteiger partial charge in [-0.1, -0.05) is 39.0 Å².